The van der Waals surface area contributed by atoms with Crippen molar-refractivity contribution in [2.45, 2.75) is 424 Å². The predicted octanol–water partition coefficient (Wildman–Crippen LogP) is 24.6. The average molecular weight is 1860 g/mol. The summed E-state index contributed by atoms with van der Waals surface area (Å²) >= 11 is 0. The fourth-order valence-electron chi connectivity index (χ4n) is 13.9. The van der Waals surface area contributed by atoms with Crippen molar-refractivity contribution in [3.05, 3.63) is 78.0 Å². The smallest absolute Gasteiger partial charge is 0.472 e. The van der Waals surface area contributed by atoms with Crippen molar-refractivity contribution in [3.63, 3.8) is 0 Å². The summed E-state index contributed by atoms with van der Waals surface area (Å²) in [6.45, 7) is 8.48. The average Bonchev–Trinajstić information content (AvgIpc) is 1.64. The highest BCUT2D eigenvalue weighted by atomic mass is 32.2. The van der Waals surface area contributed by atoms with E-state index in [1.807, 2.05) is 28.1 Å². The highest BCUT2D eigenvalue weighted by Crippen LogP contribution is 2.44. The molecule has 24 nitrogen and oxygen atoms in total. The minimum absolute atomic E-state index is 0.0259. The molecule has 0 aliphatic rings. The van der Waals surface area contributed by atoms with Crippen LogP contribution in [0.3, 0.4) is 0 Å². The maximum absolute atomic E-state index is 13.1. The Balaban J connectivity index is 0.000000998. The Kier molecular flexibility index (Phi) is 72.3. The number of carbonyl (C=O) groups is 4. The van der Waals surface area contributed by atoms with Crippen LogP contribution in [0.25, 0.3) is 16.9 Å². The van der Waals surface area contributed by atoms with Crippen LogP contribution >= 0.6 is 15.6 Å². The maximum atomic E-state index is 13.1. The summed E-state index contributed by atoms with van der Waals surface area (Å²) in [5.74, 6) is -1.75. The van der Waals surface area contributed by atoms with Crippen molar-refractivity contribution >= 4 is 49.5 Å². The van der Waals surface area contributed by atoms with E-state index in [-0.39, 0.29) is 67.8 Å². The van der Waals surface area contributed by atoms with Gasteiger partial charge in [0.25, 0.3) is 7.82 Å². The molecular weight excluding hydrogens is 1690 g/mol. The van der Waals surface area contributed by atoms with Gasteiger partial charge in [-0.05, 0) is 88.6 Å². The van der Waals surface area contributed by atoms with Crippen molar-refractivity contribution in [1.82, 2.24) is 9.78 Å². The Hall–Kier alpha value is -4.93. The third-order valence-corrected chi connectivity index (χ3v) is 24.6. The molecule has 0 radical (unpaired) electrons. The minimum Gasteiger partial charge on any atom is -0.756 e. The lowest BCUT2D eigenvalue weighted by Gasteiger charge is -2.28. The lowest BCUT2D eigenvalue weighted by atomic mass is 10.0. The number of allylic oxidation sites excluding steroid dienone is 2. The number of ether oxygens (including phenoxy) is 4. The number of aliphatic hydroxyl groups excluding tert-OH is 2. The number of hydrogen-bond donors (Lipinski definition) is 4. The van der Waals surface area contributed by atoms with Crippen LogP contribution in [-0.2, 0) is 81.6 Å². The van der Waals surface area contributed by atoms with E-state index in [4.69, 9.17) is 42.8 Å². The summed E-state index contributed by atoms with van der Waals surface area (Å²) in [4.78, 5) is 72.1. The van der Waals surface area contributed by atoms with Gasteiger partial charge in [0.05, 0.1) is 63.8 Å². The number of benzene rings is 2. The number of likely N-dealkylation sites (N-methyl/N-ethyl adjacent to an activating group) is 1. The second-order valence-corrected chi connectivity index (χ2v) is 39.5. The summed E-state index contributed by atoms with van der Waals surface area (Å²) < 4.78 is 130. The van der Waals surface area contributed by atoms with Crippen molar-refractivity contribution in [1.29, 1.82) is 0 Å². The number of hydrogen-bond acceptors (Lipinski definition) is 20. The SMILES string of the molecule is CCCCCCCC/C=C\CCCCCCCC(=O)OC(COC(=O)CCCCCCCCCCCCCCC)COP(=O)(O)OCC(O)CO.CCCCCCCCCCCCCCCC(=O)OCC(COP(=O)([O-])OCC[N+](C)(C)C)OC(=O)CCCCCCCCCCCCCCC.Cc1ccc(-c2cc(C(F)(F)F)nn2-c2ccc(S(N)(=O)=O)cc2)cc1. The number of phosphoric acid groups is 2. The highest BCUT2D eigenvalue weighted by Gasteiger charge is 2.36. The van der Waals surface area contributed by atoms with Gasteiger partial charge < -0.3 is 52.5 Å². The van der Waals surface area contributed by atoms with E-state index in [9.17, 15) is 64.8 Å². The molecule has 0 amide bonds. The predicted molar refractivity (Wildman–Crippen MR) is 499 cm³/mol. The molecule has 0 saturated carbocycles. The number of nitrogens with zero attached hydrogens (tertiary/aromatic N) is 3. The van der Waals surface area contributed by atoms with Crippen molar-refractivity contribution < 1.29 is 111 Å². The number of phosphoric ester groups is 2. The van der Waals surface area contributed by atoms with Crippen LogP contribution in [0.4, 0.5) is 13.2 Å². The van der Waals surface area contributed by atoms with E-state index in [0.717, 1.165) is 106 Å². The number of alkyl halides is 3. The first kappa shape index (κ1) is 120. The molecule has 736 valence electrons. The Morgan fingerprint density at radius 3 is 1.13 bits per heavy atom. The topological polar surface area (TPSA) is 338 Å². The second-order valence-electron chi connectivity index (χ2n) is 35.1. The van der Waals surface area contributed by atoms with Crippen molar-refractivity contribution in [2.24, 2.45) is 5.14 Å². The number of quaternary nitrogens is 1. The molecule has 5 atom stereocenters. The molecule has 127 heavy (non-hydrogen) atoms. The fraction of sp³-hybridized carbons (Fsp3) is 0.784. The molecule has 3 aromatic rings. The second kappa shape index (κ2) is 76.5. The number of nitrogens with two attached hydrogens (primary N) is 1. The van der Waals surface area contributed by atoms with E-state index in [2.05, 4.69) is 49.5 Å². The Bertz CT molecular complexity index is 3460. The summed E-state index contributed by atoms with van der Waals surface area (Å²) in [6, 6.07) is 13.1. The summed E-state index contributed by atoms with van der Waals surface area (Å²) in [6.07, 6.45) is 59.7. The third-order valence-electron chi connectivity index (χ3n) is 21.8. The molecule has 3 rings (SSSR count). The minimum atomic E-state index is -4.61. The van der Waals surface area contributed by atoms with Gasteiger partial charge in [0.15, 0.2) is 17.9 Å². The molecule has 0 aliphatic carbocycles. The van der Waals surface area contributed by atoms with Gasteiger partial charge in [-0.2, -0.15) is 18.3 Å². The Morgan fingerprint density at radius 1 is 0.480 bits per heavy atom. The molecule has 2 aromatic carbocycles. The largest absolute Gasteiger partial charge is 0.756 e. The number of aliphatic hydroxyl groups is 2. The highest BCUT2D eigenvalue weighted by molar-refractivity contribution is 7.89. The molecule has 0 aliphatic heterocycles. The van der Waals surface area contributed by atoms with Gasteiger partial charge in [-0.15, -0.1) is 0 Å². The van der Waals surface area contributed by atoms with Crippen LogP contribution in [0, 0.1) is 6.92 Å². The first-order chi connectivity index (χ1) is 60.8. The quantitative estimate of drug-likeness (QED) is 0.0102. The molecule has 0 bridgehead atoms. The van der Waals surface area contributed by atoms with Crippen molar-refractivity contribution in [3.8, 4) is 16.9 Å². The number of aryl methyl sites for hydroxylation is 1. The van der Waals surface area contributed by atoms with Gasteiger partial charge in [-0.1, -0.05) is 352 Å². The van der Waals surface area contributed by atoms with Gasteiger partial charge in [-0.3, -0.25) is 32.8 Å². The molecule has 1 heterocycles. The third kappa shape index (κ3) is 71.4. The molecule has 30 heteroatoms. The van der Waals surface area contributed by atoms with Crippen LogP contribution in [0.15, 0.2) is 71.6 Å². The number of aromatic nitrogens is 2. The summed E-state index contributed by atoms with van der Waals surface area (Å²) in [7, 11) is -7.33. The lowest BCUT2D eigenvalue weighted by Crippen LogP contribution is -2.37. The zero-order valence-electron chi connectivity index (χ0n) is 79.5. The first-order valence-electron chi connectivity index (χ1n) is 48.8. The number of rotatable bonds is 80. The van der Waals surface area contributed by atoms with E-state index in [1.165, 1.54) is 249 Å². The molecule has 0 spiro atoms. The Morgan fingerprint density at radius 2 is 0.803 bits per heavy atom. The van der Waals surface area contributed by atoms with Crippen LogP contribution in [0.2, 0.25) is 0 Å². The monoisotopic (exact) mass is 1860 g/mol. The number of primary sulfonamides is 1. The van der Waals surface area contributed by atoms with E-state index < -0.39 is 100 Å². The Labute approximate surface area is 764 Å². The zero-order chi connectivity index (χ0) is 94.0. The molecule has 5 N–H and O–H groups in total. The molecule has 0 saturated heterocycles. The number of esters is 4. The number of halogens is 3. The number of carbonyl (C=O) groups excluding carboxylic acids is 4. The lowest BCUT2D eigenvalue weighted by molar-refractivity contribution is -0.870. The van der Waals surface area contributed by atoms with Gasteiger partial charge in [0.1, 0.15) is 32.5 Å². The van der Waals surface area contributed by atoms with E-state index in [0.29, 0.717) is 35.9 Å². The van der Waals surface area contributed by atoms with Crippen LogP contribution in [-0.4, -0.2) is 154 Å². The van der Waals surface area contributed by atoms with Crippen LogP contribution < -0.4 is 10.0 Å². The number of sulfonamides is 1. The molecular formula is C97H171F3N4O20P2S. The fourth-order valence-corrected chi connectivity index (χ4v) is 16.0. The zero-order valence-corrected chi connectivity index (χ0v) is 82.1. The normalized spacial score (nSPS) is 13.5. The van der Waals surface area contributed by atoms with Gasteiger partial charge in [0.2, 0.25) is 10.0 Å². The van der Waals surface area contributed by atoms with Crippen LogP contribution in [0.1, 0.15) is 399 Å². The maximum Gasteiger partial charge on any atom is 0.472 e. The molecule has 0 fully saturated rings. The van der Waals surface area contributed by atoms with Gasteiger partial charge in [0, 0.05) is 31.2 Å². The van der Waals surface area contributed by atoms with E-state index >= 15 is 0 Å². The van der Waals surface area contributed by atoms with E-state index in [1.54, 1.807) is 24.3 Å². The summed E-state index contributed by atoms with van der Waals surface area (Å²) in [5.41, 5.74) is 0.996. The standard InChI is InChI=1S/C40H80NO8P.C40H77O10P.C17H14F3N3O2S/c1-6-8-10-12-14-16-18-20-22-24-26-28-30-32-39(42)46-36-38(37-48-50(44,45)47-35-34-41(3,4)5)49-40(43)33-31-29-27-25-23-21-19-17-15-13-11-9-7-2;1-3-5-7-9-11-13-15-17-18-20-22-24-26-28-30-32-40(44)50-38(36-49-51(45,46)48-34-37(42)33-41)35-47-39(43)31-29-27-25-23-21-19-16-14-12-10-8-6-4-2;1-11-2-4-12(5-3-11)15-10-16(17(18,19)20)22-23(15)13-6-8-14(9-7-13)26(21,24)25/h38H,6-37H2,1-5H3;17-18,37-38,41-42H,3-16,19-36H2,1-2H3,(H,45,46);2-10H,1H3,(H2,21,24,25)/b;18-17-;. The molecule has 1 aromatic heterocycles. The first-order valence-corrected chi connectivity index (χ1v) is 53.3. The summed E-state index contributed by atoms with van der Waals surface area (Å²) in [5, 5.41) is 27.0. The molecule has 5 unspecified atom stereocenters. The van der Waals surface area contributed by atoms with Gasteiger partial charge >= 0.3 is 37.9 Å². The number of unbranched alkanes of at least 4 members (excludes halogenated alkanes) is 47. The van der Waals surface area contributed by atoms with Crippen molar-refractivity contribution in [2.75, 3.05) is 73.9 Å². The van der Waals surface area contributed by atoms with Crippen LogP contribution in [0.5, 0.6) is 0 Å². The van der Waals surface area contributed by atoms with Gasteiger partial charge in [-0.25, -0.2) is 22.8 Å².